The molecule has 0 spiro atoms. The summed E-state index contributed by atoms with van der Waals surface area (Å²) in [6, 6.07) is 1.54. The Morgan fingerprint density at radius 2 is 2.27 bits per heavy atom. The highest BCUT2D eigenvalue weighted by molar-refractivity contribution is 5.38. The number of aromatic amines is 1. The van der Waals surface area contributed by atoms with Crippen LogP contribution >= 0.6 is 0 Å². The summed E-state index contributed by atoms with van der Waals surface area (Å²) in [7, 11) is 0. The van der Waals surface area contributed by atoms with Gasteiger partial charge in [-0.2, -0.15) is 5.10 Å². The van der Waals surface area contributed by atoms with Crippen LogP contribution in [0.3, 0.4) is 0 Å². The number of nitrogens with zero attached hydrogens (tertiary/aromatic N) is 1. The first-order valence-electron chi connectivity index (χ1n) is 5.63. The first-order valence-corrected chi connectivity index (χ1v) is 5.63. The molecule has 1 aromatic heterocycles. The van der Waals surface area contributed by atoms with E-state index in [1.54, 1.807) is 12.3 Å². The SMILES string of the molecule is O=c1cc(NCCC2CCCC2)cn[nH]1. The lowest BCUT2D eigenvalue weighted by Gasteiger charge is -2.09. The van der Waals surface area contributed by atoms with E-state index in [-0.39, 0.29) is 5.56 Å². The van der Waals surface area contributed by atoms with Crippen molar-refractivity contribution >= 4 is 5.69 Å². The van der Waals surface area contributed by atoms with Crippen molar-refractivity contribution in [1.29, 1.82) is 0 Å². The van der Waals surface area contributed by atoms with E-state index in [4.69, 9.17) is 0 Å². The van der Waals surface area contributed by atoms with Crippen LogP contribution in [-0.2, 0) is 0 Å². The Kier molecular flexibility index (Phi) is 3.37. The third-order valence-electron chi connectivity index (χ3n) is 3.02. The van der Waals surface area contributed by atoms with Crippen molar-refractivity contribution in [2.24, 2.45) is 5.92 Å². The monoisotopic (exact) mass is 207 g/mol. The predicted octanol–water partition coefficient (Wildman–Crippen LogP) is 1.76. The van der Waals surface area contributed by atoms with E-state index in [1.807, 2.05) is 0 Å². The zero-order chi connectivity index (χ0) is 10.5. The molecule has 4 nitrogen and oxygen atoms in total. The van der Waals surface area contributed by atoms with Crippen LogP contribution in [-0.4, -0.2) is 16.7 Å². The van der Waals surface area contributed by atoms with Crippen molar-refractivity contribution in [3.05, 3.63) is 22.6 Å². The minimum atomic E-state index is -0.152. The molecule has 82 valence electrons. The molecule has 2 rings (SSSR count). The van der Waals surface area contributed by atoms with Crippen molar-refractivity contribution in [2.45, 2.75) is 32.1 Å². The van der Waals surface area contributed by atoms with E-state index in [1.165, 1.54) is 32.1 Å². The van der Waals surface area contributed by atoms with Crippen molar-refractivity contribution in [3.8, 4) is 0 Å². The fourth-order valence-electron chi connectivity index (χ4n) is 2.19. The molecule has 0 radical (unpaired) electrons. The van der Waals surface area contributed by atoms with Crippen molar-refractivity contribution in [3.63, 3.8) is 0 Å². The molecule has 0 aliphatic heterocycles. The van der Waals surface area contributed by atoms with Gasteiger partial charge >= 0.3 is 0 Å². The Labute approximate surface area is 89.1 Å². The Hall–Kier alpha value is -1.32. The molecule has 4 heteroatoms. The third kappa shape index (κ3) is 3.08. The normalized spacial score (nSPS) is 16.8. The second kappa shape index (κ2) is 4.96. The lowest BCUT2D eigenvalue weighted by molar-refractivity contribution is 0.518. The fraction of sp³-hybridized carbons (Fsp3) is 0.636. The molecule has 1 aromatic rings. The minimum Gasteiger partial charge on any atom is -0.384 e. The number of nitrogens with one attached hydrogen (secondary N) is 2. The average Bonchev–Trinajstić information content (AvgIpc) is 2.71. The Bertz CT molecular complexity index is 355. The molecule has 15 heavy (non-hydrogen) atoms. The molecule has 0 unspecified atom stereocenters. The van der Waals surface area contributed by atoms with Gasteiger partial charge in [-0.15, -0.1) is 0 Å². The van der Waals surface area contributed by atoms with Gasteiger partial charge in [0.15, 0.2) is 0 Å². The van der Waals surface area contributed by atoms with Gasteiger partial charge in [-0.25, -0.2) is 5.10 Å². The zero-order valence-corrected chi connectivity index (χ0v) is 8.83. The van der Waals surface area contributed by atoms with Crippen LogP contribution in [0.2, 0.25) is 0 Å². The molecular formula is C11H17N3O. The number of anilines is 1. The number of aromatic nitrogens is 2. The molecule has 0 atom stereocenters. The molecule has 1 saturated carbocycles. The molecule has 2 N–H and O–H groups in total. The molecule has 1 heterocycles. The van der Waals surface area contributed by atoms with Gasteiger partial charge in [-0.1, -0.05) is 25.7 Å². The van der Waals surface area contributed by atoms with Crippen LogP contribution < -0.4 is 10.9 Å². The average molecular weight is 207 g/mol. The molecule has 1 aliphatic rings. The predicted molar refractivity (Wildman–Crippen MR) is 59.9 cm³/mol. The van der Waals surface area contributed by atoms with Gasteiger partial charge in [0.1, 0.15) is 0 Å². The lowest BCUT2D eigenvalue weighted by atomic mass is 10.0. The van der Waals surface area contributed by atoms with Gasteiger partial charge in [0.2, 0.25) is 0 Å². The smallest absolute Gasteiger partial charge is 0.266 e. The van der Waals surface area contributed by atoms with E-state index in [9.17, 15) is 4.79 Å². The van der Waals surface area contributed by atoms with Crippen molar-refractivity contribution in [2.75, 3.05) is 11.9 Å². The molecule has 0 saturated heterocycles. The van der Waals surface area contributed by atoms with Gasteiger partial charge in [-0.3, -0.25) is 4.79 Å². The second-order valence-corrected chi connectivity index (χ2v) is 4.20. The lowest BCUT2D eigenvalue weighted by Crippen LogP contribution is -2.11. The topological polar surface area (TPSA) is 57.8 Å². The third-order valence-corrected chi connectivity index (χ3v) is 3.02. The van der Waals surface area contributed by atoms with Gasteiger partial charge < -0.3 is 5.32 Å². The number of hydrogen-bond donors (Lipinski definition) is 2. The van der Waals surface area contributed by atoms with Crippen molar-refractivity contribution in [1.82, 2.24) is 10.2 Å². The van der Waals surface area contributed by atoms with E-state index in [0.717, 1.165) is 18.2 Å². The van der Waals surface area contributed by atoms with E-state index >= 15 is 0 Å². The maximum Gasteiger partial charge on any atom is 0.266 e. The molecule has 0 bridgehead atoms. The van der Waals surface area contributed by atoms with Crippen LogP contribution in [0.25, 0.3) is 0 Å². The standard InChI is InChI=1S/C11H17N3O/c15-11-7-10(8-13-14-11)12-6-5-9-3-1-2-4-9/h7-9H,1-6H2,(H2,12,14,15). The highest BCUT2D eigenvalue weighted by Crippen LogP contribution is 2.27. The van der Waals surface area contributed by atoms with Crippen LogP contribution in [0.4, 0.5) is 5.69 Å². The highest BCUT2D eigenvalue weighted by Gasteiger charge is 2.13. The zero-order valence-electron chi connectivity index (χ0n) is 8.83. The fourth-order valence-corrected chi connectivity index (χ4v) is 2.19. The maximum absolute atomic E-state index is 11.0. The Morgan fingerprint density at radius 1 is 1.47 bits per heavy atom. The van der Waals surface area contributed by atoms with Crippen molar-refractivity contribution < 1.29 is 0 Å². The first kappa shape index (κ1) is 10.2. The first-order chi connectivity index (χ1) is 7.34. The van der Waals surface area contributed by atoms with E-state index in [0.29, 0.717) is 0 Å². The number of hydrogen-bond acceptors (Lipinski definition) is 3. The second-order valence-electron chi connectivity index (χ2n) is 4.20. The van der Waals surface area contributed by atoms with Gasteiger partial charge in [0, 0.05) is 12.6 Å². The summed E-state index contributed by atoms with van der Waals surface area (Å²) in [5.74, 6) is 0.882. The Balaban J connectivity index is 1.75. The molecule has 0 amide bonds. The number of rotatable bonds is 4. The summed E-state index contributed by atoms with van der Waals surface area (Å²) >= 11 is 0. The number of H-pyrrole nitrogens is 1. The van der Waals surface area contributed by atoms with Gasteiger partial charge in [0.25, 0.3) is 5.56 Å². The quantitative estimate of drug-likeness (QED) is 0.791. The van der Waals surface area contributed by atoms with E-state index < -0.39 is 0 Å². The molecule has 1 aliphatic carbocycles. The van der Waals surface area contributed by atoms with Crippen LogP contribution in [0.15, 0.2) is 17.1 Å². The van der Waals surface area contributed by atoms with Crippen LogP contribution in [0.1, 0.15) is 32.1 Å². The summed E-state index contributed by atoms with van der Waals surface area (Å²) in [5, 5.41) is 9.32. The summed E-state index contributed by atoms with van der Waals surface area (Å²) in [6.07, 6.45) is 8.36. The summed E-state index contributed by atoms with van der Waals surface area (Å²) < 4.78 is 0. The summed E-state index contributed by atoms with van der Waals surface area (Å²) in [4.78, 5) is 11.0. The van der Waals surface area contributed by atoms with Gasteiger partial charge in [0.05, 0.1) is 11.9 Å². The summed E-state index contributed by atoms with van der Waals surface area (Å²) in [5.41, 5.74) is 0.664. The maximum atomic E-state index is 11.0. The molecule has 1 fully saturated rings. The van der Waals surface area contributed by atoms with Crippen LogP contribution in [0.5, 0.6) is 0 Å². The largest absolute Gasteiger partial charge is 0.384 e. The summed E-state index contributed by atoms with van der Waals surface area (Å²) in [6.45, 7) is 0.940. The van der Waals surface area contributed by atoms with Crippen LogP contribution in [0, 0.1) is 5.92 Å². The molecular weight excluding hydrogens is 190 g/mol. The van der Waals surface area contributed by atoms with Gasteiger partial charge in [-0.05, 0) is 12.3 Å². The Morgan fingerprint density at radius 3 is 3.00 bits per heavy atom. The highest BCUT2D eigenvalue weighted by atomic mass is 16.1. The molecule has 0 aromatic carbocycles. The van der Waals surface area contributed by atoms with E-state index in [2.05, 4.69) is 15.5 Å². The minimum absolute atomic E-state index is 0.152.